The number of amides is 1. The fourth-order valence-electron chi connectivity index (χ4n) is 3.07. The number of hydrogen-bond donors (Lipinski definition) is 0. The number of pyridine rings is 1. The summed E-state index contributed by atoms with van der Waals surface area (Å²) in [6.45, 7) is 0.349. The van der Waals surface area contributed by atoms with Crippen LogP contribution in [0.3, 0.4) is 0 Å². The van der Waals surface area contributed by atoms with Crippen molar-refractivity contribution in [3.05, 3.63) is 75.6 Å². The summed E-state index contributed by atoms with van der Waals surface area (Å²) in [7, 11) is 3.22. The fraction of sp³-hybridized carbons (Fsp3) is 0.136. The fourth-order valence-corrected chi connectivity index (χ4v) is 4.76. The van der Waals surface area contributed by atoms with Gasteiger partial charge in [-0.05, 0) is 58.5 Å². The lowest BCUT2D eigenvalue weighted by atomic mass is 10.2. The number of ether oxygens (including phenoxy) is 2. The molecular formula is C22H18IN3O3S. The van der Waals surface area contributed by atoms with Gasteiger partial charge in [-0.3, -0.25) is 14.7 Å². The highest BCUT2D eigenvalue weighted by atomic mass is 127. The molecule has 4 rings (SSSR count). The van der Waals surface area contributed by atoms with Gasteiger partial charge in [0.2, 0.25) is 0 Å². The van der Waals surface area contributed by atoms with Gasteiger partial charge in [0.25, 0.3) is 5.91 Å². The molecule has 4 aromatic rings. The van der Waals surface area contributed by atoms with E-state index in [4.69, 9.17) is 14.5 Å². The number of carbonyl (C=O) groups excluding carboxylic acids is 1. The summed E-state index contributed by atoms with van der Waals surface area (Å²) >= 11 is 3.58. The standard InChI is InChI=1S/C22H18IN3O3S/c1-28-17-9-10-18(29-2)20-19(17)25-22(30-20)26(13-14-6-5-11-24-12-14)21(27)15-7-3-4-8-16(15)23/h3-12H,13H2,1-2H3. The van der Waals surface area contributed by atoms with Crippen LogP contribution in [0.5, 0.6) is 11.5 Å². The van der Waals surface area contributed by atoms with Crippen LogP contribution in [-0.2, 0) is 6.54 Å². The van der Waals surface area contributed by atoms with Crippen LogP contribution in [0.4, 0.5) is 5.13 Å². The zero-order chi connectivity index (χ0) is 21.1. The third-order valence-electron chi connectivity index (χ3n) is 4.54. The first-order valence-corrected chi connectivity index (χ1v) is 11.0. The summed E-state index contributed by atoms with van der Waals surface area (Å²) in [4.78, 5) is 24.2. The number of halogens is 1. The second-order valence-electron chi connectivity index (χ2n) is 6.38. The Morgan fingerprint density at radius 1 is 1.07 bits per heavy atom. The largest absolute Gasteiger partial charge is 0.495 e. The molecule has 0 saturated carbocycles. The Bertz CT molecular complexity index is 1160. The molecule has 0 radical (unpaired) electrons. The molecule has 2 aromatic carbocycles. The molecule has 152 valence electrons. The summed E-state index contributed by atoms with van der Waals surface area (Å²) in [6, 6.07) is 15.0. The second kappa shape index (κ2) is 8.97. The van der Waals surface area contributed by atoms with Crippen LogP contribution in [0.1, 0.15) is 15.9 Å². The predicted molar refractivity (Wildman–Crippen MR) is 127 cm³/mol. The van der Waals surface area contributed by atoms with Gasteiger partial charge in [-0.2, -0.15) is 0 Å². The third kappa shape index (κ3) is 3.97. The molecule has 0 aliphatic rings. The summed E-state index contributed by atoms with van der Waals surface area (Å²) in [6.07, 6.45) is 3.47. The van der Waals surface area contributed by atoms with Crippen molar-refractivity contribution in [2.24, 2.45) is 0 Å². The quantitative estimate of drug-likeness (QED) is 0.322. The maximum Gasteiger partial charge on any atom is 0.261 e. The Balaban J connectivity index is 1.85. The van der Waals surface area contributed by atoms with E-state index in [1.807, 2.05) is 48.5 Å². The van der Waals surface area contributed by atoms with Gasteiger partial charge < -0.3 is 9.47 Å². The van der Waals surface area contributed by atoms with Crippen molar-refractivity contribution in [3.8, 4) is 11.5 Å². The van der Waals surface area contributed by atoms with Gasteiger partial charge >= 0.3 is 0 Å². The Hall–Kier alpha value is -2.72. The zero-order valence-corrected chi connectivity index (χ0v) is 19.3. The zero-order valence-electron chi connectivity index (χ0n) is 16.3. The molecule has 30 heavy (non-hydrogen) atoms. The molecule has 2 heterocycles. The van der Waals surface area contributed by atoms with E-state index in [0.717, 1.165) is 13.8 Å². The van der Waals surface area contributed by atoms with Gasteiger partial charge in [0.1, 0.15) is 21.7 Å². The number of fused-ring (bicyclic) bond motifs is 1. The number of nitrogens with zero attached hydrogens (tertiary/aromatic N) is 3. The number of aromatic nitrogens is 2. The van der Waals surface area contributed by atoms with E-state index in [1.54, 1.807) is 31.5 Å². The maximum absolute atomic E-state index is 13.6. The number of hydrogen-bond acceptors (Lipinski definition) is 6. The van der Waals surface area contributed by atoms with Gasteiger partial charge in [-0.15, -0.1) is 0 Å². The third-order valence-corrected chi connectivity index (χ3v) is 6.58. The van der Waals surface area contributed by atoms with E-state index in [-0.39, 0.29) is 5.91 Å². The van der Waals surface area contributed by atoms with E-state index in [9.17, 15) is 4.79 Å². The average molecular weight is 531 g/mol. The minimum Gasteiger partial charge on any atom is -0.495 e. The van der Waals surface area contributed by atoms with Crippen molar-refractivity contribution in [3.63, 3.8) is 0 Å². The highest BCUT2D eigenvalue weighted by Crippen LogP contribution is 2.40. The van der Waals surface area contributed by atoms with E-state index in [1.165, 1.54) is 11.3 Å². The van der Waals surface area contributed by atoms with Crippen LogP contribution in [0.15, 0.2) is 60.9 Å². The minimum absolute atomic E-state index is 0.124. The van der Waals surface area contributed by atoms with E-state index in [2.05, 4.69) is 27.6 Å². The van der Waals surface area contributed by atoms with E-state index >= 15 is 0 Å². The first kappa shape index (κ1) is 20.5. The van der Waals surface area contributed by atoms with Gasteiger partial charge in [0, 0.05) is 16.0 Å². The molecule has 8 heteroatoms. The van der Waals surface area contributed by atoms with Crippen molar-refractivity contribution in [1.82, 2.24) is 9.97 Å². The summed E-state index contributed by atoms with van der Waals surface area (Å²) in [5.41, 5.74) is 2.21. The van der Waals surface area contributed by atoms with E-state index in [0.29, 0.717) is 34.3 Å². The topological polar surface area (TPSA) is 64.6 Å². The van der Waals surface area contributed by atoms with Crippen LogP contribution in [0, 0.1) is 3.57 Å². The average Bonchev–Trinajstić information content (AvgIpc) is 3.22. The highest BCUT2D eigenvalue weighted by molar-refractivity contribution is 14.1. The molecule has 2 aromatic heterocycles. The first-order chi connectivity index (χ1) is 14.6. The first-order valence-electron chi connectivity index (χ1n) is 9.09. The lowest BCUT2D eigenvalue weighted by Crippen LogP contribution is -2.31. The molecular weight excluding hydrogens is 513 g/mol. The van der Waals surface area contributed by atoms with Crippen molar-refractivity contribution in [2.45, 2.75) is 6.54 Å². The summed E-state index contributed by atoms with van der Waals surface area (Å²) in [5, 5.41) is 0.571. The molecule has 0 aliphatic carbocycles. The Labute approximate surface area is 191 Å². The molecule has 0 spiro atoms. The highest BCUT2D eigenvalue weighted by Gasteiger charge is 2.25. The van der Waals surface area contributed by atoms with Crippen LogP contribution in [0.2, 0.25) is 0 Å². The van der Waals surface area contributed by atoms with Crippen molar-refractivity contribution in [1.29, 1.82) is 0 Å². The number of carbonyl (C=O) groups is 1. The Morgan fingerprint density at radius 3 is 2.53 bits per heavy atom. The normalized spacial score (nSPS) is 10.8. The molecule has 0 saturated heterocycles. The van der Waals surface area contributed by atoms with Gasteiger partial charge in [0.15, 0.2) is 5.13 Å². The number of benzene rings is 2. The maximum atomic E-state index is 13.6. The number of anilines is 1. The van der Waals surface area contributed by atoms with Crippen molar-refractivity contribution >= 4 is 55.2 Å². The Morgan fingerprint density at radius 2 is 1.83 bits per heavy atom. The summed E-state index contributed by atoms with van der Waals surface area (Å²) < 4.78 is 12.7. The molecule has 1 amide bonds. The molecule has 6 nitrogen and oxygen atoms in total. The molecule has 0 unspecified atom stereocenters. The van der Waals surface area contributed by atoms with Gasteiger partial charge in [-0.1, -0.05) is 29.5 Å². The lowest BCUT2D eigenvalue weighted by molar-refractivity contribution is 0.0984. The number of rotatable bonds is 6. The predicted octanol–water partition coefficient (Wildman–Crippen LogP) is 5.16. The Kier molecular flexibility index (Phi) is 6.14. The van der Waals surface area contributed by atoms with Crippen LogP contribution < -0.4 is 14.4 Å². The molecule has 0 fully saturated rings. The van der Waals surface area contributed by atoms with Crippen LogP contribution in [-0.4, -0.2) is 30.1 Å². The minimum atomic E-state index is -0.124. The van der Waals surface area contributed by atoms with Crippen LogP contribution >= 0.6 is 33.9 Å². The van der Waals surface area contributed by atoms with Crippen LogP contribution in [0.25, 0.3) is 10.2 Å². The monoisotopic (exact) mass is 531 g/mol. The molecule has 0 atom stereocenters. The molecule has 0 N–H and O–H groups in total. The van der Waals surface area contributed by atoms with E-state index < -0.39 is 0 Å². The second-order valence-corrected chi connectivity index (χ2v) is 8.52. The number of methoxy groups -OCH3 is 2. The van der Waals surface area contributed by atoms with Gasteiger partial charge in [-0.25, -0.2) is 4.98 Å². The summed E-state index contributed by atoms with van der Waals surface area (Å²) in [5.74, 6) is 1.20. The van der Waals surface area contributed by atoms with Gasteiger partial charge in [0.05, 0.1) is 26.3 Å². The lowest BCUT2D eigenvalue weighted by Gasteiger charge is -2.20. The van der Waals surface area contributed by atoms with Crippen molar-refractivity contribution < 1.29 is 14.3 Å². The number of thiazole rings is 1. The molecule has 0 aliphatic heterocycles. The smallest absolute Gasteiger partial charge is 0.261 e. The molecule has 0 bridgehead atoms. The SMILES string of the molecule is COc1ccc(OC)c2sc(N(Cc3cccnc3)C(=O)c3ccccc3I)nc12. The van der Waals surface area contributed by atoms with Crippen molar-refractivity contribution in [2.75, 3.05) is 19.1 Å².